The summed E-state index contributed by atoms with van der Waals surface area (Å²) < 4.78 is 0. The van der Waals surface area contributed by atoms with Crippen LogP contribution in [0.25, 0.3) is 0 Å². The number of aryl methyl sites for hydroxylation is 1. The van der Waals surface area contributed by atoms with Gasteiger partial charge >= 0.3 is 0 Å². The average molecular weight is 475 g/mol. The summed E-state index contributed by atoms with van der Waals surface area (Å²) in [5.41, 5.74) is 1.67. The van der Waals surface area contributed by atoms with Crippen molar-refractivity contribution in [2.45, 2.75) is 13.3 Å². The predicted octanol–water partition coefficient (Wildman–Crippen LogP) is 3.94. The van der Waals surface area contributed by atoms with Crippen molar-refractivity contribution in [1.82, 2.24) is 10.0 Å². The van der Waals surface area contributed by atoms with Gasteiger partial charge in [0.1, 0.15) is 6.54 Å². The Morgan fingerprint density at radius 1 is 0.882 bits per heavy atom. The van der Waals surface area contributed by atoms with Gasteiger partial charge < -0.3 is 0 Å². The van der Waals surface area contributed by atoms with Crippen molar-refractivity contribution in [2.75, 3.05) is 6.54 Å². The van der Waals surface area contributed by atoms with Crippen LogP contribution in [-0.2, 0) is 9.59 Å². The van der Waals surface area contributed by atoms with Crippen LogP contribution in [0.1, 0.15) is 32.7 Å². The molecule has 2 bridgehead atoms. The molecule has 7 rings (SSSR count). The summed E-state index contributed by atoms with van der Waals surface area (Å²) in [5.74, 6) is -1.64. The fraction of sp³-hybridized carbons (Fsp3) is 0.333. The first-order valence-electron chi connectivity index (χ1n) is 11.6. The largest absolute Gasteiger partial charge is 0.292 e. The molecule has 7 heteroatoms. The number of rotatable bonds is 5. The molecule has 5 aliphatic rings. The van der Waals surface area contributed by atoms with Gasteiger partial charge in [-0.15, -0.1) is 0 Å². The highest BCUT2D eigenvalue weighted by atomic mass is 35.5. The lowest BCUT2D eigenvalue weighted by Gasteiger charge is -2.37. The molecule has 1 heterocycles. The molecule has 2 aromatic rings. The molecule has 0 radical (unpaired) electrons. The van der Waals surface area contributed by atoms with Crippen LogP contribution in [0.5, 0.6) is 0 Å². The highest BCUT2D eigenvalue weighted by Gasteiger charge is 2.68. The lowest BCUT2D eigenvalue weighted by atomic mass is 9.63. The number of carbonyl (C=O) groups excluding carboxylic acids is 4. The molecule has 0 spiro atoms. The Morgan fingerprint density at radius 2 is 1.41 bits per heavy atom. The Hall–Kier alpha value is -3.25. The maximum Gasteiger partial charge on any atom is 0.273 e. The zero-order chi connectivity index (χ0) is 23.7. The molecule has 0 N–H and O–H groups in total. The third kappa shape index (κ3) is 3.16. The van der Waals surface area contributed by atoms with Crippen LogP contribution in [0.15, 0.2) is 60.7 Å². The second-order valence-electron chi connectivity index (χ2n) is 9.80. The number of hydrogen-bond donors (Lipinski definition) is 0. The van der Waals surface area contributed by atoms with Gasteiger partial charge in [-0.25, -0.2) is 5.01 Å². The summed E-state index contributed by atoms with van der Waals surface area (Å²) in [6.45, 7) is 1.51. The van der Waals surface area contributed by atoms with E-state index in [2.05, 4.69) is 12.2 Å². The van der Waals surface area contributed by atoms with Crippen LogP contribution < -0.4 is 0 Å². The predicted molar refractivity (Wildman–Crippen MR) is 125 cm³/mol. The summed E-state index contributed by atoms with van der Waals surface area (Å²) in [6.07, 6.45) is 5.21. The van der Waals surface area contributed by atoms with Gasteiger partial charge in [-0.2, -0.15) is 5.01 Å². The fourth-order valence-corrected chi connectivity index (χ4v) is 6.25. The van der Waals surface area contributed by atoms with E-state index < -0.39 is 24.3 Å². The summed E-state index contributed by atoms with van der Waals surface area (Å²) in [7, 11) is 0. The van der Waals surface area contributed by atoms with Crippen LogP contribution in [0.3, 0.4) is 0 Å². The number of hydrogen-bond acceptors (Lipinski definition) is 4. The van der Waals surface area contributed by atoms with Crippen LogP contribution in [-0.4, -0.2) is 40.1 Å². The second-order valence-corrected chi connectivity index (χ2v) is 10.2. The SMILES string of the molecule is Cc1ccc(C(=O)CN(C(=O)c2ccc(Cl)cc2)N2C(=O)[C@@H]3[C@H]4C=C[C@H]([C@H]5C[C@@H]45)[C@@H]3C2=O)cc1. The van der Waals surface area contributed by atoms with Crippen molar-refractivity contribution in [1.29, 1.82) is 0 Å². The number of benzene rings is 2. The quantitative estimate of drug-likeness (QED) is 0.373. The van der Waals surface area contributed by atoms with E-state index in [9.17, 15) is 19.2 Å². The van der Waals surface area contributed by atoms with E-state index in [1.807, 2.05) is 19.1 Å². The van der Waals surface area contributed by atoms with Gasteiger partial charge in [-0.3, -0.25) is 19.2 Å². The highest BCUT2D eigenvalue weighted by Crippen LogP contribution is 2.65. The Balaban J connectivity index is 1.36. The second kappa shape index (κ2) is 7.64. The highest BCUT2D eigenvalue weighted by molar-refractivity contribution is 6.30. The molecule has 1 saturated heterocycles. The van der Waals surface area contributed by atoms with E-state index in [0.29, 0.717) is 22.4 Å². The molecule has 0 aromatic heterocycles. The van der Waals surface area contributed by atoms with Crippen molar-refractivity contribution >= 4 is 35.1 Å². The Labute approximate surface area is 202 Å². The summed E-state index contributed by atoms with van der Waals surface area (Å²) in [6, 6.07) is 13.2. The van der Waals surface area contributed by atoms with Crippen molar-refractivity contribution in [3.8, 4) is 0 Å². The first-order chi connectivity index (χ1) is 16.3. The lowest BCUT2D eigenvalue weighted by molar-refractivity contribution is -0.154. The minimum absolute atomic E-state index is 0.0294. The van der Waals surface area contributed by atoms with E-state index in [4.69, 9.17) is 11.6 Å². The van der Waals surface area contributed by atoms with Crippen molar-refractivity contribution in [3.05, 3.63) is 82.4 Å². The summed E-state index contributed by atoms with van der Waals surface area (Å²) >= 11 is 5.98. The minimum Gasteiger partial charge on any atom is -0.292 e. The topological polar surface area (TPSA) is 74.8 Å². The van der Waals surface area contributed by atoms with Crippen LogP contribution >= 0.6 is 11.6 Å². The third-order valence-corrected chi connectivity index (χ3v) is 8.13. The molecular formula is C27H23ClN2O4. The first kappa shape index (κ1) is 21.3. The Kier molecular flexibility index (Phi) is 4.78. The molecule has 34 heavy (non-hydrogen) atoms. The van der Waals surface area contributed by atoms with Gasteiger partial charge in [-0.1, -0.05) is 53.6 Å². The van der Waals surface area contributed by atoms with Crippen molar-refractivity contribution in [2.24, 2.45) is 35.5 Å². The molecule has 4 aliphatic carbocycles. The number of hydrazine groups is 1. The maximum atomic E-state index is 13.6. The molecule has 172 valence electrons. The summed E-state index contributed by atoms with van der Waals surface area (Å²) in [4.78, 5) is 54.0. The van der Waals surface area contributed by atoms with Gasteiger partial charge in [0.15, 0.2) is 5.78 Å². The van der Waals surface area contributed by atoms with E-state index in [1.165, 1.54) is 12.1 Å². The number of imide groups is 1. The molecule has 3 amide bonds. The molecule has 2 aromatic carbocycles. The molecule has 3 fully saturated rings. The number of Topliss-reactive ketones (excluding diaryl/α,β-unsaturated/α-hetero) is 1. The zero-order valence-corrected chi connectivity index (χ0v) is 19.3. The van der Waals surface area contributed by atoms with E-state index >= 15 is 0 Å². The van der Waals surface area contributed by atoms with Gasteiger partial charge in [0.05, 0.1) is 11.8 Å². The molecule has 6 nitrogen and oxygen atoms in total. The molecule has 2 saturated carbocycles. The number of nitrogens with zero attached hydrogens (tertiary/aromatic N) is 2. The van der Waals surface area contributed by atoms with E-state index in [1.54, 1.807) is 24.3 Å². The minimum atomic E-state index is -0.581. The van der Waals surface area contributed by atoms with Gasteiger partial charge in [0, 0.05) is 16.1 Å². The third-order valence-electron chi connectivity index (χ3n) is 7.87. The van der Waals surface area contributed by atoms with Crippen molar-refractivity contribution < 1.29 is 19.2 Å². The monoisotopic (exact) mass is 474 g/mol. The van der Waals surface area contributed by atoms with Gasteiger partial charge in [-0.05, 0) is 61.3 Å². The van der Waals surface area contributed by atoms with Crippen LogP contribution in [0.2, 0.25) is 5.02 Å². The number of allylic oxidation sites excluding steroid dienone is 2. The first-order valence-corrected chi connectivity index (χ1v) is 12.0. The standard InChI is InChI=1S/C27H23ClN2O4/c1-14-2-4-15(5-3-14)22(31)13-29(25(32)16-6-8-17(28)9-7-16)30-26(33)23-18-10-11-19(21-12-20(18)21)24(23)27(30)34/h2-11,18-21,23-24H,12-13H2,1H3/t18-,19+,20-,21+,23+,24-. The smallest absolute Gasteiger partial charge is 0.273 e. The van der Waals surface area contributed by atoms with E-state index in [0.717, 1.165) is 22.0 Å². The molecule has 0 unspecified atom stereocenters. The number of ketones is 1. The summed E-state index contributed by atoms with van der Waals surface area (Å²) in [5, 5.41) is 2.47. The van der Waals surface area contributed by atoms with Crippen LogP contribution in [0.4, 0.5) is 0 Å². The van der Waals surface area contributed by atoms with Crippen molar-refractivity contribution in [3.63, 3.8) is 0 Å². The molecule has 6 atom stereocenters. The van der Waals surface area contributed by atoms with Gasteiger partial charge in [0.2, 0.25) is 0 Å². The normalized spacial score (nSPS) is 30.2. The lowest BCUT2D eigenvalue weighted by Crippen LogP contribution is -2.52. The average Bonchev–Trinajstić information content (AvgIpc) is 3.62. The number of amides is 3. The number of carbonyl (C=O) groups is 4. The molecule has 1 aliphatic heterocycles. The Bertz CT molecular complexity index is 1220. The maximum absolute atomic E-state index is 13.6. The van der Waals surface area contributed by atoms with Gasteiger partial charge in [0.25, 0.3) is 17.7 Å². The fourth-order valence-electron chi connectivity index (χ4n) is 6.12. The molecular weight excluding hydrogens is 452 g/mol. The number of halogens is 1. The Morgan fingerprint density at radius 3 is 1.97 bits per heavy atom. The van der Waals surface area contributed by atoms with E-state index in [-0.39, 0.29) is 35.0 Å². The van der Waals surface area contributed by atoms with Crippen LogP contribution in [0, 0.1) is 42.4 Å². The zero-order valence-electron chi connectivity index (χ0n) is 18.6.